The maximum absolute atomic E-state index is 11.0. The van der Waals surface area contributed by atoms with E-state index in [0.29, 0.717) is 5.92 Å². The van der Waals surface area contributed by atoms with E-state index in [9.17, 15) is 4.79 Å². The monoisotopic (exact) mass is 216 g/mol. The summed E-state index contributed by atoms with van der Waals surface area (Å²) in [7, 11) is 0. The summed E-state index contributed by atoms with van der Waals surface area (Å²) in [6.07, 6.45) is 2.78. The van der Waals surface area contributed by atoms with Gasteiger partial charge in [0.05, 0.1) is 5.69 Å². The van der Waals surface area contributed by atoms with Crippen molar-refractivity contribution >= 4 is 0 Å². The second-order valence-corrected chi connectivity index (χ2v) is 4.45. The molecule has 1 heterocycles. The zero-order chi connectivity index (χ0) is 11.5. The molecule has 0 saturated carbocycles. The molecule has 3 nitrogen and oxygen atoms in total. The van der Waals surface area contributed by atoms with Crippen molar-refractivity contribution in [2.45, 2.75) is 20.3 Å². The third-order valence-electron chi connectivity index (χ3n) is 2.50. The molecular weight excluding hydrogens is 200 g/mol. The van der Waals surface area contributed by atoms with Gasteiger partial charge in [0.1, 0.15) is 0 Å². The molecule has 2 aromatic rings. The van der Waals surface area contributed by atoms with Crippen LogP contribution in [0.3, 0.4) is 0 Å². The molecule has 0 spiro atoms. The number of rotatable bonds is 3. The van der Waals surface area contributed by atoms with Crippen LogP contribution in [0.2, 0.25) is 0 Å². The summed E-state index contributed by atoms with van der Waals surface area (Å²) in [6.45, 7) is 4.41. The highest BCUT2D eigenvalue weighted by Gasteiger charge is 2.01. The van der Waals surface area contributed by atoms with Crippen LogP contribution in [0.25, 0.3) is 11.3 Å². The molecule has 0 radical (unpaired) electrons. The molecule has 0 saturated heterocycles. The molecule has 2 rings (SSSR count). The predicted molar refractivity (Wildman–Crippen MR) is 65.4 cm³/mol. The van der Waals surface area contributed by atoms with Crippen LogP contribution in [0.5, 0.6) is 0 Å². The second kappa shape index (κ2) is 4.39. The quantitative estimate of drug-likeness (QED) is 0.814. The standard InChI is InChI=1S/C13H16N2O/c1-9(2)7-10-3-5-11(6-4-10)12-8-14-13(16)15-12/h3-6,8-9H,7H2,1-2H3,(H2,14,15,16). The van der Waals surface area contributed by atoms with Crippen LogP contribution in [0, 0.1) is 5.92 Å². The Kier molecular flexibility index (Phi) is 2.95. The minimum Gasteiger partial charge on any atom is -0.312 e. The highest BCUT2D eigenvalue weighted by molar-refractivity contribution is 5.58. The van der Waals surface area contributed by atoms with Gasteiger partial charge >= 0.3 is 5.69 Å². The Labute approximate surface area is 94.5 Å². The molecule has 1 aromatic heterocycles. The minimum atomic E-state index is -0.166. The molecular formula is C13H16N2O. The molecule has 2 N–H and O–H groups in total. The number of benzene rings is 1. The number of imidazole rings is 1. The number of H-pyrrole nitrogens is 2. The van der Waals surface area contributed by atoms with Crippen molar-refractivity contribution in [3.8, 4) is 11.3 Å². The normalized spacial score (nSPS) is 10.9. The molecule has 0 aliphatic heterocycles. The maximum atomic E-state index is 11.0. The lowest BCUT2D eigenvalue weighted by molar-refractivity contribution is 0.647. The summed E-state index contributed by atoms with van der Waals surface area (Å²) >= 11 is 0. The minimum absolute atomic E-state index is 0.166. The zero-order valence-electron chi connectivity index (χ0n) is 9.58. The van der Waals surface area contributed by atoms with Gasteiger partial charge in [-0.2, -0.15) is 0 Å². The molecule has 16 heavy (non-hydrogen) atoms. The van der Waals surface area contributed by atoms with Crippen LogP contribution in [0.15, 0.2) is 35.3 Å². The van der Waals surface area contributed by atoms with E-state index in [2.05, 4.69) is 35.9 Å². The fourth-order valence-electron chi connectivity index (χ4n) is 1.78. The molecule has 0 aliphatic carbocycles. The predicted octanol–water partition coefficient (Wildman–Crippen LogP) is 2.57. The summed E-state index contributed by atoms with van der Waals surface area (Å²) in [5.74, 6) is 0.665. The third kappa shape index (κ3) is 2.42. The second-order valence-electron chi connectivity index (χ2n) is 4.45. The number of nitrogens with one attached hydrogen (secondary N) is 2. The van der Waals surface area contributed by atoms with E-state index in [-0.39, 0.29) is 5.69 Å². The number of hydrogen-bond acceptors (Lipinski definition) is 1. The molecule has 0 unspecified atom stereocenters. The van der Waals surface area contributed by atoms with Gasteiger partial charge in [-0.3, -0.25) is 0 Å². The Morgan fingerprint density at radius 1 is 1.19 bits per heavy atom. The van der Waals surface area contributed by atoms with Crippen LogP contribution in [-0.2, 0) is 6.42 Å². The van der Waals surface area contributed by atoms with Crippen molar-refractivity contribution in [2.75, 3.05) is 0 Å². The number of hydrogen-bond donors (Lipinski definition) is 2. The van der Waals surface area contributed by atoms with Gasteiger partial charge in [-0.05, 0) is 23.5 Å². The van der Waals surface area contributed by atoms with Crippen LogP contribution in [0.1, 0.15) is 19.4 Å². The first-order valence-corrected chi connectivity index (χ1v) is 5.52. The largest absolute Gasteiger partial charge is 0.323 e. The van der Waals surface area contributed by atoms with Crippen LogP contribution < -0.4 is 5.69 Å². The average molecular weight is 216 g/mol. The van der Waals surface area contributed by atoms with Crippen LogP contribution >= 0.6 is 0 Å². The molecule has 1 aromatic carbocycles. The number of aromatic nitrogens is 2. The highest BCUT2D eigenvalue weighted by atomic mass is 16.1. The average Bonchev–Trinajstić information content (AvgIpc) is 2.65. The van der Waals surface area contributed by atoms with Gasteiger partial charge in [-0.1, -0.05) is 38.1 Å². The first-order valence-electron chi connectivity index (χ1n) is 5.52. The first kappa shape index (κ1) is 10.7. The smallest absolute Gasteiger partial charge is 0.312 e. The molecule has 0 atom stereocenters. The molecule has 84 valence electrons. The fraction of sp³-hybridized carbons (Fsp3) is 0.308. The Morgan fingerprint density at radius 2 is 1.88 bits per heavy atom. The lowest BCUT2D eigenvalue weighted by atomic mass is 10.0. The van der Waals surface area contributed by atoms with Crippen molar-refractivity contribution < 1.29 is 0 Å². The molecule has 0 aliphatic rings. The van der Waals surface area contributed by atoms with E-state index in [1.165, 1.54) is 5.56 Å². The lowest BCUT2D eigenvalue weighted by Gasteiger charge is -2.05. The van der Waals surface area contributed by atoms with E-state index < -0.39 is 0 Å². The van der Waals surface area contributed by atoms with Gasteiger partial charge in [0.25, 0.3) is 0 Å². The van der Waals surface area contributed by atoms with Gasteiger partial charge in [-0.25, -0.2) is 4.79 Å². The van der Waals surface area contributed by atoms with Crippen molar-refractivity contribution in [2.24, 2.45) is 5.92 Å². The maximum Gasteiger partial charge on any atom is 0.323 e. The third-order valence-corrected chi connectivity index (χ3v) is 2.50. The van der Waals surface area contributed by atoms with Crippen molar-refractivity contribution in [1.29, 1.82) is 0 Å². The zero-order valence-corrected chi connectivity index (χ0v) is 9.58. The molecule has 0 amide bonds. The Morgan fingerprint density at radius 3 is 2.38 bits per heavy atom. The Bertz CT molecular complexity index is 505. The Hall–Kier alpha value is -1.77. The van der Waals surface area contributed by atoms with Gasteiger partial charge in [-0.15, -0.1) is 0 Å². The van der Waals surface area contributed by atoms with E-state index in [1.54, 1.807) is 6.20 Å². The summed E-state index contributed by atoms with van der Waals surface area (Å²) in [5.41, 5.74) is 3.03. The molecule has 3 heteroatoms. The summed E-state index contributed by atoms with van der Waals surface area (Å²) in [4.78, 5) is 16.3. The summed E-state index contributed by atoms with van der Waals surface area (Å²) in [5, 5.41) is 0. The molecule has 0 fully saturated rings. The first-order chi connectivity index (χ1) is 7.65. The topological polar surface area (TPSA) is 48.6 Å². The van der Waals surface area contributed by atoms with Gasteiger partial charge in [0, 0.05) is 6.20 Å². The summed E-state index contributed by atoms with van der Waals surface area (Å²) < 4.78 is 0. The van der Waals surface area contributed by atoms with Crippen molar-refractivity contribution in [3.63, 3.8) is 0 Å². The van der Waals surface area contributed by atoms with E-state index >= 15 is 0 Å². The number of aromatic amines is 2. The lowest BCUT2D eigenvalue weighted by Crippen LogP contribution is -2.00. The van der Waals surface area contributed by atoms with Crippen LogP contribution in [0.4, 0.5) is 0 Å². The van der Waals surface area contributed by atoms with E-state index in [1.807, 2.05) is 12.1 Å². The fourth-order valence-corrected chi connectivity index (χ4v) is 1.78. The van der Waals surface area contributed by atoms with Gasteiger partial charge < -0.3 is 9.97 Å². The van der Waals surface area contributed by atoms with Gasteiger partial charge in [0.2, 0.25) is 0 Å². The molecule has 0 bridgehead atoms. The highest BCUT2D eigenvalue weighted by Crippen LogP contribution is 2.17. The van der Waals surface area contributed by atoms with E-state index in [0.717, 1.165) is 17.7 Å². The summed E-state index contributed by atoms with van der Waals surface area (Å²) in [6, 6.07) is 8.30. The van der Waals surface area contributed by atoms with Gasteiger partial charge in [0.15, 0.2) is 0 Å². The van der Waals surface area contributed by atoms with E-state index in [4.69, 9.17) is 0 Å². The SMILES string of the molecule is CC(C)Cc1ccc(-c2c[nH]c(=O)[nH]2)cc1. The van der Waals surface area contributed by atoms with Crippen LogP contribution in [-0.4, -0.2) is 9.97 Å². The van der Waals surface area contributed by atoms with Crippen molar-refractivity contribution in [1.82, 2.24) is 9.97 Å². The van der Waals surface area contributed by atoms with Crippen molar-refractivity contribution in [3.05, 3.63) is 46.5 Å². The Balaban J connectivity index is 2.22.